The molecule has 2 saturated carbocycles. The summed E-state index contributed by atoms with van der Waals surface area (Å²) in [6.45, 7) is 40.6. The minimum absolute atomic E-state index is 0. The van der Waals surface area contributed by atoms with Crippen molar-refractivity contribution >= 4 is 0 Å². The number of rotatable bonds is 0. The molecule has 0 aromatic heterocycles. The van der Waals surface area contributed by atoms with Crippen molar-refractivity contribution in [3.05, 3.63) is 0 Å². The quantitative estimate of drug-likeness (QED) is 0.314. The maximum absolute atomic E-state index is 2.28. The van der Waals surface area contributed by atoms with Crippen LogP contribution in [0.15, 0.2) is 0 Å². The lowest BCUT2D eigenvalue weighted by atomic mass is 10.5. The van der Waals surface area contributed by atoms with Gasteiger partial charge in [-0.15, -0.1) is 0 Å². The molecule has 2 aliphatic carbocycles. The summed E-state index contributed by atoms with van der Waals surface area (Å²) in [4.78, 5) is 0. The van der Waals surface area contributed by atoms with Gasteiger partial charge in [0, 0.05) is 0 Å². The average molecular weight is 495 g/mol. The molecule has 2 aliphatic rings. The van der Waals surface area contributed by atoms with Crippen LogP contribution in [0.4, 0.5) is 0 Å². The summed E-state index contributed by atoms with van der Waals surface area (Å²) in [7, 11) is 0. The van der Waals surface area contributed by atoms with Crippen LogP contribution in [-0.4, -0.2) is 0 Å². The van der Waals surface area contributed by atoms with E-state index in [1.54, 1.807) is 0 Å². The van der Waals surface area contributed by atoms with Gasteiger partial charge in [-0.25, -0.2) is 0 Å². The Hall–Kier alpha value is 0. The highest BCUT2D eigenvalue weighted by Crippen LogP contribution is 2.27. The van der Waals surface area contributed by atoms with Crippen LogP contribution >= 0.6 is 0 Å². The first-order valence-corrected chi connectivity index (χ1v) is 12.8. The van der Waals surface area contributed by atoms with Crippen LogP contribution < -0.4 is 0 Å². The molecule has 0 amide bonds. The van der Waals surface area contributed by atoms with Crippen molar-refractivity contribution in [3.63, 3.8) is 0 Å². The highest BCUT2D eigenvalue weighted by Gasteiger charge is 2.13. The van der Waals surface area contributed by atoms with E-state index in [0.29, 0.717) is 0 Å². The Labute approximate surface area is 228 Å². The van der Waals surface area contributed by atoms with Gasteiger partial charge in [0.25, 0.3) is 0 Å². The summed E-state index contributed by atoms with van der Waals surface area (Å²) in [5.74, 6) is 2.17. The predicted molar refractivity (Wildman–Crippen MR) is 186 cm³/mol. The Balaban J connectivity index is -0.00000000688. The minimum Gasteiger partial charge on any atom is -0.0776 e. The van der Waals surface area contributed by atoms with Crippen molar-refractivity contribution in [2.75, 3.05) is 0 Å². The van der Waals surface area contributed by atoms with E-state index in [2.05, 4.69) is 13.8 Å². The Morgan fingerprint density at radius 1 is 0.242 bits per heavy atom. The molecule has 0 radical (unpaired) electrons. The van der Waals surface area contributed by atoms with Gasteiger partial charge in [0.15, 0.2) is 0 Å². The normalized spacial score (nSPS) is 8.00. The summed E-state index contributed by atoms with van der Waals surface area (Å²) < 4.78 is 0. The molecular formula is C33H98. The fourth-order valence-electron chi connectivity index (χ4n) is 0.333. The lowest BCUT2D eigenvalue weighted by Crippen LogP contribution is -1.42. The largest absolute Gasteiger partial charge is 0.0776 e. The fraction of sp³-hybridized carbons (Fsp3) is 1.00. The minimum atomic E-state index is 0. The monoisotopic (exact) mass is 495 g/mol. The summed E-state index contributed by atoms with van der Waals surface area (Å²) >= 11 is 0. The van der Waals surface area contributed by atoms with Crippen LogP contribution in [0.2, 0.25) is 0 Å². The molecule has 0 aromatic carbocycles. The molecule has 0 nitrogen and oxygen atoms in total. The second-order valence-electron chi connectivity index (χ2n) is 3.37. The molecule has 33 heavy (non-hydrogen) atoms. The zero-order valence-corrected chi connectivity index (χ0v) is 24.0. The van der Waals surface area contributed by atoms with Crippen molar-refractivity contribution in [2.24, 2.45) is 11.8 Å². The van der Waals surface area contributed by atoms with Crippen LogP contribution in [0.1, 0.15) is 216 Å². The van der Waals surface area contributed by atoms with Gasteiger partial charge in [0.2, 0.25) is 0 Å². The van der Waals surface area contributed by atoms with Gasteiger partial charge in [-0.2, -0.15) is 0 Å². The summed E-state index contributed by atoms with van der Waals surface area (Å²) in [6, 6.07) is 0. The van der Waals surface area contributed by atoms with Crippen molar-refractivity contribution in [1.29, 1.82) is 0 Å². The van der Waals surface area contributed by atoms with E-state index in [1.165, 1.54) is 25.7 Å². The standard InChI is InChI=1S/2C4H8.9C2H6.7CH4/c2*1-4-2-3-4;9*1-2;;;;;;;/h2*4H,2-3H2,1H3;9*1-2H3;7*1H4. The third-order valence-corrected chi connectivity index (χ3v) is 1.73. The van der Waals surface area contributed by atoms with Crippen molar-refractivity contribution < 1.29 is 0 Å². The number of hydrogen-bond donors (Lipinski definition) is 0. The SMILES string of the molecule is C.C.C.C.C.C.C.CC.CC.CC.CC.CC.CC.CC.CC.CC.CC1CC1.CC1CC1. The lowest BCUT2D eigenvalue weighted by molar-refractivity contribution is 0.983. The van der Waals surface area contributed by atoms with E-state index in [-0.39, 0.29) is 52.0 Å². The highest BCUT2D eigenvalue weighted by atomic mass is 14.2. The van der Waals surface area contributed by atoms with Crippen LogP contribution in [-0.2, 0) is 0 Å². The van der Waals surface area contributed by atoms with Gasteiger partial charge in [-0.05, 0) is 11.8 Å². The summed E-state index contributed by atoms with van der Waals surface area (Å²) in [5.41, 5.74) is 0. The van der Waals surface area contributed by atoms with Gasteiger partial charge >= 0.3 is 0 Å². The molecule has 2 rings (SSSR count). The van der Waals surface area contributed by atoms with Gasteiger partial charge in [0.1, 0.15) is 0 Å². The van der Waals surface area contributed by atoms with Crippen molar-refractivity contribution in [2.45, 2.75) is 216 Å². The first-order valence-electron chi connectivity index (χ1n) is 12.8. The summed E-state index contributed by atoms with van der Waals surface area (Å²) in [5, 5.41) is 0. The second-order valence-corrected chi connectivity index (χ2v) is 3.37. The molecule has 2 fully saturated rings. The Morgan fingerprint density at radius 3 is 0.273 bits per heavy atom. The first kappa shape index (κ1) is 117. The third kappa shape index (κ3) is 800. The van der Waals surface area contributed by atoms with E-state index >= 15 is 0 Å². The predicted octanol–water partition coefficient (Wildman–Crippen LogP) is 16.5. The first-order chi connectivity index (χ1) is 12.8. The molecule has 0 N–H and O–H groups in total. The maximum atomic E-state index is 2.28. The van der Waals surface area contributed by atoms with E-state index in [0.717, 1.165) is 11.8 Å². The smallest absolute Gasteiger partial charge is 0.0443 e. The van der Waals surface area contributed by atoms with Crippen LogP contribution in [0.25, 0.3) is 0 Å². The van der Waals surface area contributed by atoms with E-state index in [9.17, 15) is 0 Å². The molecule has 0 aliphatic heterocycles. The molecule has 0 spiro atoms. The molecule has 0 unspecified atom stereocenters. The fourth-order valence-corrected chi connectivity index (χ4v) is 0.333. The van der Waals surface area contributed by atoms with Crippen LogP contribution in [0.3, 0.4) is 0 Å². The number of hydrogen-bond acceptors (Lipinski definition) is 0. The molecule has 0 heterocycles. The van der Waals surface area contributed by atoms with Crippen molar-refractivity contribution in [1.82, 2.24) is 0 Å². The van der Waals surface area contributed by atoms with Crippen LogP contribution in [0.5, 0.6) is 0 Å². The molecule has 0 saturated heterocycles. The second kappa shape index (κ2) is 308. The van der Waals surface area contributed by atoms with Gasteiger partial charge in [0.05, 0.1) is 0 Å². The average Bonchev–Trinajstić information content (AvgIpc) is 3.76. The lowest BCUT2D eigenvalue weighted by Gasteiger charge is -1.53. The molecule has 0 atom stereocenters. The van der Waals surface area contributed by atoms with E-state index < -0.39 is 0 Å². The van der Waals surface area contributed by atoms with Crippen molar-refractivity contribution in [3.8, 4) is 0 Å². The Bertz CT molecular complexity index is 48.4. The molecule has 0 heteroatoms. The summed E-state index contributed by atoms with van der Waals surface area (Å²) in [6.07, 6.45) is 5.94. The molecule has 230 valence electrons. The van der Waals surface area contributed by atoms with E-state index in [1.807, 2.05) is 125 Å². The third-order valence-electron chi connectivity index (χ3n) is 1.73. The molecular weight excluding hydrogens is 396 g/mol. The Kier molecular flexibility index (Phi) is 1090. The topological polar surface area (TPSA) is 0 Å². The zero-order chi connectivity index (χ0) is 24.0. The van der Waals surface area contributed by atoms with Gasteiger partial charge in [-0.1, -0.05) is 216 Å². The van der Waals surface area contributed by atoms with Gasteiger partial charge < -0.3 is 0 Å². The van der Waals surface area contributed by atoms with Crippen LogP contribution in [0, 0.1) is 11.8 Å². The zero-order valence-electron chi connectivity index (χ0n) is 24.0. The molecule has 0 bridgehead atoms. The molecule has 0 aromatic rings. The maximum Gasteiger partial charge on any atom is -0.0443 e. The highest BCUT2D eigenvalue weighted by molar-refractivity contribution is 4.65. The van der Waals surface area contributed by atoms with E-state index in [4.69, 9.17) is 0 Å². The Morgan fingerprint density at radius 2 is 0.273 bits per heavy atom. The van der Waals surface area contributed by atoms with Gasteiger partial charge in [-0.3, -0.25) is 0 Å².